The summed E-state index contributed by atoms with van der Waals surface area (Å²) in [5.74, 6) is 0.754. The number of rotatable bonds is 4. The molecule has 0 radical (unpaired) electrons. The zero-order valence-corrected chi connectivity index (χ0v) is 11.7. The molecular formula is C15H20N2O3. The average Bonchev–Trinajstić information content (AvgIpc) is 2.47. The Morgan fingerprint density at radius 2 is 2.20 bits per heavy atom. The van der Waals surface area contributed by atoms with E-state index in [9.17, 15) is 14.7 Å². The highest BCUT2D eigenvalue weighted by Crippen LogP contribution is 2.37. The van der Waals surface area contributed by atoms with Crippen LogP contribution in [-0.4, -0.2) is 29.0 Å². The van der Waals surface area contributed by atoms with Crippen LogP contribution in [0, 0.1) is 11.3 Å². The van der Waals surface area contributed by atoms with Gasteiger partial charge in [-0.2, -0.15) is 0 Å². The van der Waals surface area contributed by atoms with Gasteiger partial charge in [0.15, 0.2) is 0 Å². The fourth-order valence-electron chi connectivity index (χ4n) is 2.68. The summed E-state index contributed by atoms with van der Waals surface area (Å²) in [6.07, 6.45) is 5.07. The van der Waals surface area contributed by atoms with Crippen LogP contribution < -0.4 is 4.90 Å². The van der Waals surface area contributed by atoms with Crippen molar-refractivity contribution < 1.29 is 14.7 Å². The predicted molar refractivity (Wildman–Crippen MR) is 75.7 cm³/mol. The second kappa shape index (κ2) is 6.03. The van der Waals surface area contributed by atoms with Gasteiger partial charge in [0, 0.05) is 18.2 Å². The minimum Gasteiger partial charge on any atom is -0.465 e. The Balaban J connectivity index is 2.01. The first kappa shape index (κ1) is 14.5. The minimum absolute atomic E-state index is 0.227. The molecule has 0 saturated heterocycles. The number of pyridine rings is 1. The van der Waals surface area contributed by atoms with Crippen LogP contribution in [0.4, 0.5) is 10.6 Å². The van der Waals surface area contributed by atoms with Crippen molar-refractivity contribution in [3.8, 4) is 0 Å². The number of amides is 1. The second-order valence-corrected chi connectivity index (χ2v) is 5.80. The number of nitrogens with zero attached hydrogens (tertiary/aromatic N) is 2. The first-order valence-electron chi connectivity index (χ1n) is 6.92. The molecular weight excluding hydrogens is 256 g/mol. The highest BCUT2D eigenvalue weighted by atomic mass is 16.4. The third-order valence-electron chi connectivity index (χ3n) is 4.13. The molecule has 20 heavy (non-hydrogen) atoms. The van der Waals surface area contributed by atoms with Crippen LogP contribution in [0.25, 0.3) is 0 Å². The van der Waals surface area contributed by atoms with Crippen molar-refractivity contribution >= 4 is 18.2 Å². The lowest BCUT2D eigenvalue weighted by atomic mass is 9.72. The fraction of sp³-hybridized carbons (Fsp3) is 0.533. The molecule has 0 spiro atoms. The molecule has 0 aliphatic heterocycles. The zero-order valence-electron chi connectivity index (χ0n) is 11.7. The summed E-state index contributed by atoms with van der Waals surface area (Å²) < 4.78 is 0. The molecule has 0 atom stereocenters. The van der Waals surface area contributed by atoms with E-state index in [1.54, 1.807) is 24.4 Å². The van der Waals surface area contributed by atoms with E-state index in [2.05, 4.69) is 4.98 Å². The molecule has 1 amide bonds. The lowest BCUT2D eigenvalue weighted by molar-refractivity contribution is -0.117. The van der Waals surface area contributed by atoms with Crippen molar-refractivity contribution in [2.45, 2.75) is 32.6 Å². The van der Waals surface area contributed by atoms with E-state index in [1.165, 1.54) is 4.90 Å². The number of carbonyl (C=O) groups is 2. The predicted octanol–water partition coefficient (Wildman–Crippen LogP) is 2.96. The summed E-state index contributed by atoms with van der Waals surface area (Å²) in [6, 6.07) is 5.24. The molecule has 5 nitrogen and oxygen atoms in total. The van der Waals surface area contributed by atoms with Gasteiger partial charge in [-0.15, -0.1) is 0 Å². The number of hydrogen-bond donors (Lipinski definition) is 1. The Morgan fingerprint density at radius 1 is 1.50 bits per heavy atom. The first-order chi connectivity index (χ1) is 9.54. The van der Waals surface area contributed by atoms with Crippen molar-refractivity contribution in [2.75, 3.05) is 11.4 Å². The molecule has 1 fully saturated rings. The maximum atomic E-state index is 11.4. The van der Waals surface area contributed by atoms with Crippen LogP contribution in [0.15, 0.2) is 24.4 Å². The maximum absolute atomic E-state index is 11.4. The van der Waals surface area contributed by atoms with Crippen LogP contribution in [0.2, 0.25) is 0 Å². The highest BCUT2D eigenvalue weighted by Gasteiger charge is 2.32. The molecule has 0 unspecified atom stereocenters. The summed E-state index contributed by atoms with van der Waals surface area (Å²) in [6.45, 7) is 2.42. The highest BCUT2D eigenvalue weighted by molar-refractivity contribution is 5.84. The molecule has 1 heterocycles. The number of hydrogen-bond acceptors (Lipinski definition) is 3. The van der Waals surface area contributed by atoms with E-state index < -0.39 is 6.09 Å². The van der Waals surface area contributed by atoms with E-state index in [0.717, 1.165) is 32.0 Å². The Morgan fingerprint density at radius 3 is 2.70 bits per heavy atom. The van der Waals surface area contributed by atoms with Gasteiger partial charge in [-0.3, -0.25) is 4.90 Å². The number of carboxylic acid groups (broad SMARTS) is 1. The van der Waals surface area contributed by atoms with Crippen LogP contribution >= 0.6 is 0 Å². The van der Waals surface area contributed by atoms with Crippen molar-refractivity contribution in [3.05, 3.63) is 24.4 Å². The number of aromatic nitrogens is 1. The molecule has 1 aliphatic carbocycles. The summed E-state index contributed by atoms with van der Waals surface area (Å²) in [4.78, 5) is 27.8. The Labute approximate surface area is 118 Å². The monoisotopic (exact) mass is 276 g/mol. The van der Waals surface area contributed by atoms with E-state index in [-0.39, 0.29) is 5.41 Å². The van der Waals surface area contributed by atoms with Gasteiger partial charge >= 0.3 is 6.09 Å². The quantitative estimate of drug-likeness (QED) is 0.858. The molecule has 1 saturated carbocycles. The lowest BCUT2D eigenvalue weighted by Gasteiger charge is -2.34. The molecule has 1 N–H and O–H groups in total. The average molecular weight is 276 g/mol. The summed E-state index contributed by atoms with van der Waals surface area (Å²) in [7, 11) is 0. The van der Waals surface area contributed by atoms with Gasteiger partial charge in [-0.25, -0.2) is 9.78 Å². The van der Waals surface area contributed by atoms with Crippen molar-refractivity contribution in [1.29, 1.82) is 0 Å². The van der Waals surface area contributed by atoms with Gasteiger partial charge in [0.2, 0.25) is 0 Å². The van der Waals surface area contributed by atoms with Crippen molar-refractivity contribution in [2.24, 2.45) is 11.3 Å². The minimum atomic E-state index is -0.979. The van der Waals surface area contributed by atoms with E-state index in [1.807, 2.05) is 6.92 Å². The lowest BCUT2D eigenvalue weighted by Crippen LogP contribution is -2.37. The number of aldehydes is 1. The molecule has 2 rings (SSSR count). The van der Waals surface area contributed by atoms with Gasteiger partial charge < -0.3 is 9.90 Å². The third kappa shape index (κ3) is 3.35. The standard InChI is InChI=1S/C15H20N2O3/c1-15(11-18)7-5-12(6-8-15)10-17(14(19)20)13-4-2-3-9-16-13/h2-4,9,11-12H,5-8,10H2,1H3,(H,19,20). The molecule has 108 valence electrons. The molecule has 5 heteroatoms. The SMILES string of the molecule is CC1(C=O)CCC(CN(C(=O)O)c2ccccn2)CC1. The molecule has 1 aromatic heterocycles. The molecule has 0 aromatic carbocycles. The van der Waals surface area contributed by atoms with Gasteiger partial charge in [0.1, 0.15) is 12.1 Å². The van der Waals surface area contributed by atoms with Crippen LogP contribution in [0.3, 0.4) is 0 Å². The summed E-state index contributed by atoms with van der Waals surface area (Å²) >= 11 is 0. The van der Waals surface area contributed by atoms with E-state index in [4.69, 9.17) is 0 Å². The summed E-state index contributed by atoms with van der Waals surface area (Å²) in [5, 5.41) is 9.34. The number of anilines is 1. The Bertz CT molecular complexity index is 467. The van der Waals surface area contributed by atoms with Crippen molar-refractivity contribution in [3.63, 3.8) is 0 Å². The van der Waals surface area contributed by atoms with Crippen LogP contribution in [0.1, 0.15) is 32.6 Å². The van der Waals surface area contributed by atoms with Gasteiger partial charge in [-0.1, -0.05) is 13.0 Å². The second-order valence-electron chi connectivity index (χ2n) is 5.80. The third-order valence-corrected chi connectivity index (χ3v) is 4.13. The maximum Gasteiger partial charge on any atom is 0.413 e. The fourth-order valence-corrected chi connectivity index (χ4v) is 2.68. The Kier molecular flexibility index (Phi) is 4.37. The van der Waals surface area contributed by atoms with Gasteiger partial charge in [0.25, 0.3) is 0 Å². The Hall–Kier alpha value is -1.91. The largest absolute Gasteiger partial charge is 0.465 e. The topological polar surface area (TPSA) is 70.5 Å². The van der Waals surface area contributed by atoms with E-state index in [0.29, 0.717) is 18.3 Å². The first-order valence-corrected chi connectivity index (χ1v) is 6.92. The smallest absolute Gasteiger partial charge is 0.413 e. The van der Waals surface area contributed by atoms with Crippen LogP contribution in [0.5, 0.6) is 0 Å². The normalized spacial score (nSPS) is 25.9. The molecule has 1 aromatic rings. The van der Waals surface area contributed by atoms with Crippen molar-refractivity contribution in [1.82, 2.24) is 4.98 Å². The molecule has 0 bridgehead atoms. The number of carbonyl (C=O) groups excluding carboxylic acids is 1. The molecule has 1 aliphatic rings. The zero-order chi connectivity index (χ0) is 14.6. The van der Waals surface area contributed by atoms with Gasteiger partial charge in [-0.05, 0) is 43.7 Å². The van der Waals surface area contributed by atoms with E-state index >= 15 is 0 Å². The van der Waals surface area contributed by atoms with Crippen LogP contribution in [-0.2, 0) is 4.79 Å². The van der Waals surface area contributed by atoms with Gasteiger partial charge in [0.05, 0.1) is 0 Å². The summed E-state index contributed by atoms with van der Waals surface area (Å²) in [5.41, 5.74) is -0.227.